The van der Waals surface area contributed by atoms with Crippen molar-refractivity contribution in [3.05, 3.63) is 70.2 Å². The molecule has 6 heteroatoms. The van der Waals surface area contributed by atoms with Crippen LogP contribution in [-0.2, 0) is 21.9 Å². The van der Waals surface area contributed by atoms with Crippen LogP contribution >= 0.6 is 23.4 Å². The lowest BCUT2D eigenvalue weighted by Crippen LogP contribution is -2.50. The van der Waals surface area contributed by atoms with Crippen LogP contribution in [0, 0.1) is 12.8 Å². The highest BCUT2D eigenvalue weighted by Crippen LogP contribution is 2.20. The van der Waals surface area contributed by atoms with Crippen molar-refractivity contribution in [1.82, 2.24) is 10.2 Å². The van der Waals surface area contributed by atoms with Crippen LogP contribution in [0.3, 0.4) is 0 Å². The summed E-state index contributed by atoms with van der Waals surface area (Å²) in [5.74, 6) is 1.33. The Bertz CT molecular complexity index is 855. The molecule has 0 aliphatic carbocycles. The molecule has 2 rings (SSSR count). The topological polar surface area (TPSA) is 49.4 Å². The maximum atomic E-state index is 13.2. The molecule has 0 saturated heterocycles. The summed E-state index contributed by atoms with van der Waals surface area (Å²) < 4.78 is 0. The molecule has 2 aromatic carbocycles. The summed E-state index contributed by atoms with van der Waals surface area (Å²) in [7, 11) is 0. The normalized spacial score (nSPS) is 11.9. The summed E-state index contributed by atoms with van der Waals surface area (Å²) >= 11 is 7.60. The van der Waals surface area contributed by atoms with Gasteiger partial charge in [-0.2, -0.15) is 0 Å². The van der Waals surface area contributed by atoms with Gasteiger partial charge in [-0.1, -0.05) is 68.8 Å². The summed E-state index contributed by atoms with van der Waals surface area (Å²) in [6, 6.07) is 15.1. The Morgan fingerprint density at radius 3 is 2.39 bits per heavy atom. The third kappa shape index (κ3) is 8.23. The Morgan fingerprint density at radius 1 is 1.10 bits per heavy atom. The van der Waals surface area contributed by atoms with E-state index in [1.807, 2.05) is 43.3 Å². The van der Waals surface area contributed by atoms with Gasteiger partial charge in [-0.3, -0.25) is 9.59 Å². The minimum atomic E-state index is -0.499. The molecule has 0 saturated carbocycles. The van der Waals surface area contributed by atoms with Crippen LogP contribution in [-0.4, -0.2) is 35.1 Å². The predicted molar refractivity (Wildman–Crippen MR) is 131 cm³/mol. The van der Waals surface area contributed by atoms with Crippen molar-refractivity contribution in [3.63, 3.8) is 0 Å². The molecule has 0 spiro atoms. The van der Waals surface area contributed by atoms with Crippen molar-refractivity contribution in [2.24, 2.45) is 5.92 Å². The van der Waals surface area contributed by atoms with E-state index in [0.717, 1.165) is 11.3 Å². The molecule has 0 unspecified atom stereocenters. The minimum Gasteiger partial charge on any atom is -0.354 e. The van der Waals surface area contributed by atoms with Crippen molar-refractivity contribution < 1.29 is 9.59 Å². The molecular formula is C25H33ClN2O2S. The molecule has 168 valence electrons. The fraction of sp³-hybridized carbons (Fsp3) is 0.440. The summed E-state index contributed by atoms with van der Waals surface area (Å²) in [5, 5.41) is 3.64. The molecular weight excluding hydrogens is 428 g/mol. The van der Waals surface area contributed by atoms with E-state index in [2.05, 4.69) is 38.2 Å². The first-order valence-electron chi connectivity index (χ1n) is 10.8. The second-order valence-corrected chi connectivity index (χ2v) is 9.55. The van der Waals surface area contributed by atoms with E-state index in [1.165, 1.54) is 11.1 Å². The number of halogens is 1. The number of aryl methyl sites for hydroxylation is 1. The average molecular weight is 461 g/mol. The molecule has 4 nitrogen and oxygen atoms in total. The van der Waals surface area contributed by atoms with Crippen LogP contribution < -0.4 is 5.32 Å². The van der Waals surface area contributed by atoms with Crippen molar-refractivity contribution in [2.75, 3.05) is 12.3 Å². The summed E-state index contributed by atoms with van der Waals surface area (Å²) in [6.45, 7) is 9.12. The maximum absolute atomic E-state index is 13.2. The van der Waals surface area contributed by atoms with E-state index in [-0.39, 0.29) is 11.8 Å². The molecule has 1 N–H and O–H groups in total. The van der Waals surface area contributed by atoms with Gasteiger partial charge in [-0.15, -0.1) is 11.8 Å². The van der Waals surface area contributed by atoms with Crippen molar-refractivity contribution in [3.8, 4) is 0 Å². The molecule has 2 amide bonds. The van der Waals surface area contributed by atoms with Crippen molar-refractivity contribution >= 4 is 35.2 Å². The highest BCUT2D eigenvalue weighted by atomic mass is 35.5. The summed E-state index contributed by atoms with van der Waals surface area (Å²) in [6.07, 6.45) is 0.561. The van der Waals surface area contributed by atoms with Crippen LogP contribution in [0.4, 0.5) is 0 Å². The molecule has 0 fully saturated rings. The number of nitrogens with zero attached hydrogens (tertiary/aromatic N) is 1. The van der Waals surface area contributed by atoms with Gasteiger partial charge in [0, 0.05) is 23.9 Å². The quantitative estimate of drug-likeness (QED) is 0.484. The summed E-state index contributed by atoms with van der Waals surface area (Å²) in [5.41, 5.74) is 3.41. The first kappa shape index (κ1) is 25.3. The van der Waals surface area contributed by atoms with E-state index < -0.39 is 6.04 Å². The Balaban J connectivity index is 2.12. The first-order valence-corrected chi connectivity index (χ1v) is 12.3. The highest BCUT2D eigenvalue weighted by Gasteiger charge is 2.28. The van der Waals surface area contributed by atoms with Crippen LogP contribution in [0.25, 0.3) is 0 Å². The van der Waals surface area contributed by atoms with Gasteiger partial charge in [-0.25, -0.2) is 0 Å². The maximum Gasteiger partial charge on any atom is 0.242 e. The fourth-order valence-electron chi connectivity index (χ4n) is 3.23. The van der Waals surface area contributed by atoms with Gasteiger partial charge in [0.05, 0.1) is 5.75 Å². The van der Waals surface area contributed by atoms with E-state index in [1.54, 1.807) is 16.7 Å². The number of benzene rings is 2. The number of carbonyl (C=O) groups is 2. The van der Waals surface area contributed by atoms with Crippen molar-refractivity contribution in [2.45, 2.75) is 52.5 Å². The second kappa shape index (κ2) is 12.8. The lowest BCUT2D eigenvalue weighted by molar-refractivity contribution is -0.139. The van der Waals surface area contributed by atoms with E-state index in [9.17, 15) is 9.59 Å². The Morgan fingerprint density at radius 2 is 1.77 bits per heavy atom. The van der Waals surface area contributed by atoms with Gasteiger partial charge in [-0.05, 0) is 48.1 Å². The van der Waals surface area contributed by atoms with E-state index in [4.69, 9.17) is 11.6 Å². The SMILES string of the molecule is CC[C@H](C(=O)NCC(C)C)N(Cc1ccc(Cl)cc1)C(=O)CSCc1ccccc1C. The standard InChI is InChI=1S/C25H33ClN2O2S/c1-5-23(25(30)27-14-18(2)3)28(15-20-10-12-22(26)13-11-20)24(29)17-31-16-21-9-7-6-8-19(21)4/h6-13,18,23H,5,14-17H2,1-4H3,(H,27,30)/t23-/m1/s1. The monoisotopic (exact) mass is 460 g/mol. The van der Waals surface area contributed by atoms with Crippen molar-refractivity contribution in [1.29, 1.82) is 0 Å². The molecule has 0 bridgehead atoms. The third-order valence-corrected chi connectivity index (χ3v) is 6.30. The Hall–Kier alpha value is -1.98. The molecule has 0 heterocycles. The third-order valence-electron chi connectivity index (χ3n) is 5.08. The Labute approximate surface area is 195 Å². The minimum absolute atomic E-state index is 0.0277. The molecule has 0 aliphatic heterocycles. The molecule has 0 aliphatic rings. The number of hydrogen-bond donors (Lipinski definition) is 1. The number of rotatable bonds is 11. The lowest BCUT2D eigenvalue weighted by Gasteiger charge is -2.31. The number of nitrogens with one attached hydrogen (secondary N) is 1. The largest absolute Gasteiger partial charge is 0.354 e. The molecule has 1 atom stereocenters. The smallest absolute Gasteiger partial charge is 0.242 e. The van der Waals surface area contributed by atoms with Crippen LogP contribution in [0.15, 0.2) is 48.5 Å². The number of hydrogen-bond acceptors (Lipinski definition) is 3. The zero-order valence-corrected chi connectivity index (χ0v) is 20.4. The van der Waals surface area contributed by atoms with E-state index >= 15 is 0 Å². The van der Waals surface area contributed by atoms with Crippen LogP contribution in [0.1, 0.15) is 43.9 Å². The van der Waals surface area contributed by atoms with Gasteiger partial charge in [0.25, 0.3) is 0 Å². The number of amides is 2. The summed E-state index contributed by atoms with van der Waals surface area (Å²) in [4.78, 5) is 27.8. The molecule has 31 heavy (non-hydrogen) atoms. The van der Waals surface area contributed by atoms with Gasteiger partial charge >= 0.3 is 0 Å². The number of carbonyl (C=O) groups excluding carboxylic acids is 2. The molecule has 0 radical (unpaired) electrons. The zero-order chi connectivity index (χ0) is 22.8. The zero-order valence-electron chi connectivity index (χ0n) is 18.9. The van der Waals surface area contributed by atoms with Gasteiger partial charge in [0.2, 0.25) is 11.8 Å². The van der Waals surface area contributed by atoms with Crippen LogP contribution in [0.2, 0.25) is 5.02 Å². The number of thioether (sulfide) groups is 1. The highest BCUT2D eigenvalue weighted by molar-refractivity contribution is 7.99. The first-order chi connectivity index (χ1) is 14.8. The molecule has 2 aromatic rings. The van der Waals surface area contributed by atoms with Crippen LogP contribution in [0.5, 0.6) is 0 Å². The molecule has 0 aromatic heterocycles. The Kier molecular flexibility index (Phi) is 10.4. The lowest BCUT2D eigenvalue weighted by atomic mass is 10.1. The second-order valence-electron chi connectivity index (χ2n) is 8.13. The predicted octanol–water partition coefficient (Wildman–Crippen LogP) is 5.46. The van der Waals surface area contributed by atoms with Gasteiger partial charge in [0.1, 0.15) is 6.04 Å². The van der Waals surface area contributed by atoms with Gasteiger partial charge in [0.15, 0.2) is 0 Å². The van der Waals surface area contributed by atoms with E-state index in [0.29, 0.717) is 36.2 Å². The average Bonchev–Trinajstić information content (AvgIpc) is 2.74. The fourth-order valence-corrected chi connectivity index (χ4v) is 4.34. The van der Waals surface area contributed by atoms with Gasteiger partial charge < -0.3 is 10.2 Å².